The summed E-state index contributed by atoms with van der Waals surface area (Å²) in [5.74, 6) is 0. The molecule has 0 rings (SSSR count). The van der Waals surface area contributed by atoms with Gasteiger partial charge in [0.25, 0.3) is 0 Å². The van der Waals surface area contributed by atoms with Crippen LogP contribution in [0.1, 0.15) is 0 Å². The van der Waals surface area contributed by atoms with E-state index in [1.165, 1.54) is 0 Å². The molecule has 0 aromatic heterocycles. The minimum Gasteiger partial charge on any atom is -0.382 e. The van der Waals surface area contributed by atoms with Crippen molar-refractivity contribution in [2.75, 3.05) is 588 Å². The third-order valence-corrected chi connectivity index (χ3v) is 16.5. The number of azide groups is 1. The molecule has 0 bridgehead atoms. The predicted molar refractivity (Wildman–Crippen MR) is 491 cm³/mol. The Bertz CT molecular complexity index is 1960. The summed E-state index contributed by atoms with van der Waals surface area (Å²) < 4.78 is 242. The zero-order valence-electron chi connectivity index (χ0n) is 82.5. The van der Waals surface area contributed by atoms with Crippen LogP contribution in [0, 0.1) is 0 Å². The first-order valence-electron chi connectivity index (χ1n) is 48.2. The molecule has 47 nitrogen and oxygen atoms in total. The van der Waals surface area contributed by atoms with E-state index < -0.39 is 0 Å². The largest absolute Gasteiger partial charge is 0.382 e. The van der Waals surface area contributed by atoms with Crippen molar-refractivity contribution in [3.8, 4) is 0 Å². The highest BCUT2D eigenvalue weighted by Crippen LogP contribution is 1.97. The summed E-state index contributed by atoms with van der Waals surface area (Å²) in [5, 5.41) is 3.38. The number of nitrogens with zero attached hydrogens (tertiary/aromatic N) is 3. The monoisotopic (exact) mass is 1990 g/mol. The van der Waals surface area contributed by atoms with Crippen LogP contribution in [0.25, 0.3) is 10.4 Å². The summed E-state index contributed by atoms with van der Waals surface area (Å²) in [6.07, 6.45) is 0. The Morgan fingerprint density at radius 2 is 0.162 bits per heavy atom. The lowest BCUT2D eigenvalue weighted by Crippen LogP contribution is -2.16. The van der Waals surface area contributed by atoms with Crippen molar-refractivity contribution >= 4 is 0 Å². The molecule has 0 aromatic rings. The molecule has 814 valence electrons. The van der Waals surface area contributed by atoms with Crippen LogP contribution in [-0.4, -0.2) is 588 Å². The molecule has 0 amide bonds. The molecule has 0 spiro atoms. The van der Waals surface area contributed by atoms with E-state index in [1.54, 1.807) is 7.11 Å². The Hall–Kier alpha value is -2.45. The van der Waals surface area contributed by atoms with Crippen molar-refractivity contribution in [3.63, 3.8) is 0 Å². The van der Waals surface area contributed by atoms with E-state index >= 15 is 0 Å². The number of methoxy groups -OCH3 is 1. The van der Waals surface area contributed by atoms with E-state index in [1.807, 2.05) is 0 Å². The molecule has 0 unspecified atom stereocenters. The van der Waals surface area contributed by atoms with E-state index in [4.69, 9.17) is 214 Å². The normalized spacial score (nSPS) is 11.8. The highest BCUT2D eigenvalue weighted by Gasteiger charge is 2.06. The van der Waals surface area contributed by atoms with Crippen LogP contribution in [0.5, 0.6) is 0 Å². The lowest BCUT2D eigenvalue weighted by Gasteiger charge is -2.09. The molecule has 0 N–H and O–H groups in total. The van der Waals surface area contributed by atoms with Gasteiger partial charge in [-0.1, -0.05) is 5.11 Å². The van der Waals surface area contributed by atoms with E-state index in [0.29, 0.717) is 581 Å². The third-order valence-electron chi connectivity index (χ3n) is 16.5. The van der Waals surface area contributed by atoms with E-state index in [-0.39, 0.29) is 0 Å². The zero-order chi connectivity index (χ0) is 96.8. The van der Waals surface area contributed by atoms with Crippen molar-refractivity contribution in [2.45, 2.75) is 0 Å². The minimum atomic E-state index is 0.317. The fourth-order valence-corrected chi connectivity index (χ4v) is 9.63. The summed E-state index contributed by atoms with van der Waals surface area (Å²) >= 11 is 0. The molecule has 0 fully saturated rings. The van der Waals surface area contributed by atoms with Crippen LogP contribution < -0.4 is 0 Å². The first-order chi connectivity index (χ1) is 67.9. The minimum absolute atomic E-state index is 0.317. The van der Waals surface area contributed by atoms with Gasteiger partial charge in [0, 0.05) is 18.6 Å². The Kier molecular flexibility index (Phi) is 130. The average molecular weight is 2000 g/mol. The number of ether oxygens (including phenoxy) is 44. The Balaban J connectivity index is 3.10. The molecule has 0 saturated heterocycles. The molecule has 0 aliphatic rings. The highest BCUT2D eigenvalue weighted by molar-refractivity contribution is 4.50. The van der Waals surface area contributed by atoms with Gasteiger partial charge in [-0.05, 0) is 5.53 Å². The first-order valence-corrected chi connectivity index (χ1v) is 48.2. The first kappa shape index (κ1) is 134. The van der Waals surface area contributed by atoms with Gasteiger partial charge >= 0.3 is 0 Å². The fourth-order valence-electron chi connectivity index (χ4n) is 9.63. The maximum Gasteiger partial charge on any atom is 0.0701 e. The second-order valence-electron chi connectivity index (χ2n) is 27.3. The van der Waals surface area contributed by atoms with Crippen LogP contribution in [0.4, 0.5) is 0 Å². The van der Waals surface area contributed by atoms with Gasteiger partial charge in [0.2, 0.25) is 0 Å². The van der Waals surface area contributed by atoms with E-state index in [9.17, 15) is 0 Å². The summed E-state index contributed by atoms with van der Waals surface area (Å²) in [7, 11) is 1.64. The molecule has 0 aliphatic carbocycles. The van der Waals surface area contributed by atoms with Crippen molar-refractivity contribution in [3.05, 3.63) is 10.4 Å². The van der Waals surface area contributed by atoms with Gasteiger partial charge in [-0.15, -0.1) is 0 Å². The van der Waals surface area contributed by atoms with Gasteiger partial charge in [-0.25, -0.2) is 0 Å². The molecule has 0 atom stereocenters. The fraction of sp³-hybridized carbons (Fsp3) is 1.00. The van der Waals surface area contributed by atoms with Crippen molar-refractivity contribution < 1.29 is 208 Å². The van der Waals surface area contributed by atoms with Gasteiger partial charge in [-0.2, -0.15) is 0 Å². The maximum atomic E-state index is 8.19. The van der Waals surface area contributed by atoms with Gasteiger partial charge in [0.1, 0.15) is 0 Å². The number of rotatable bonds is 132. The standard InChI is InChI=1S/C89H179N3O44/c1-93-4-5-95-8-9-97-12-13-99-16-17-101-20-21-103-24-25-105-28-29-107-32-33-109-36-37-111-40-41-113-44-45-115-48-49-117-52-53-119-56-57-121-60-61-123-64-65-125-68-69-127-72-73-129-76-77-131-80-81-133-84-85-135-88-89-136-87-86-134-83-82-132-79-78-130-75-74-128-71-70-126-67-66-124-63-62-122-59-58-120-55-54-118-51-50-116-47-46-114-43-42-112-39-38-110-35-34-108-31-30-106-27-26-104-23-22-102-19-18-100-15-14-98-11-10-96-7-6-94-3-2-91-92-90/h2-89H2,1H3. The molecular weight excluding hydrogens is 1810 g/mol. The summed E-state index contributed by atoms with van der Waals surface area (Å²) in [6.45, 7) is 42.1. The second kappa shape index (κ2) is 133. The van der Waals surface area contributed by atoms with Crippen LogP contribution >= 0.6 is 0 Å². The zero-order valence-corrected chi connectivity index (χ0v) is 82.5. The predicted octanol–water partition coefficient (Wildman–Crippen LogP) is 1.66. The second-order valence-corrected chi connectivity index (χ2v) is 27.3. The molecule has 0 aliphatic heterocycles. The van der Waals surface area contributed by atoms with Crippen LogP contribution in [0.2, 0.25) is 0 Å². The summed E-state index contributed by atoms with van der Waals surface area (Å²) in [4.78, 5) is 2.66. The maximum absolute atomic E-state index is 8.19. The molecule has 47 heteroatoms. The molecule has 0 saturated carbocycles. The van der Waals surface area contributed by atoms with E-state index in [0.717, 1.165) is 0 Å². The average Bonchev–Trinajstić information content (AvgIpc) is 1.10. The lowest BCUT2D eigenvalue weighted by atomic mass is 10.6. The SMILES string of the molecule is COCCOCCOCCOCCOCCOCCOCCOCCOCCOCCOCCOCCOCCOCCOCCOCCOCCOCCOCCOCCOCCOCCOCCOCCOCCOCCOCCOCCOCCOCCOCCOCCOCCOCCOCCOCCOCCOCCOCCOCCOCCOCCOCCOCCN=[N+]=[N-]. The topological polar surface area (TPSA) is 455 Å². The van der Waals surface area contributed by atoms with Crippen LogP contribution in [0.3, 0.4) is 0 Å². The van der Waals surface area contributed by atoms with Crippen LogP contribution in [-0.2, 0) is 208 Å². The van der Waals surface area contributed by atoms with Gasteiger partial charge in [0.05, 0.1) is 575 Å². The molecule has 0 aromatic carbocycles. The summed E-state index contributed by atoms with van der Waals surface area (Å²) in [5.41, 5.74) is 8.19. The van der Waals surface area contributed by atoms with Crippen LogP contribution in [0.15, 0.2) is 5.11 Å². The van der Waals surface area contributed by atoms with Crippen molar-refractivity contribution in [1.29, 1.82) is 0 Å². The molecule has 136 heavy (non-hydrogen) atoms. The smallest absolute Gasteiger partial charge is 0.0701 e. The number of hydrogen-bond donors (Lipinski definition) is 0. The number of hydrogen-bond acceptors (Lipinski definition) is 45. The van der Waals surface area contributed by atoms with Gasteiger partial charge in [-0.3, -0.25) is 0 Å². The van der Waals surface area contributed by atoms with Gasteiger partial charge in [0.15, 0.2) is 0 Å². The Morgan fingerprint density at radius 1 is 0.103 bits per heavy atom. The summed E-state index contributed by atoms with van der Waals surface area (Å²) in [6, 6.07) is 0. The van der Waals surface area contributed by atoms with Crippen molar-refractivity contribution in [2.24, 2.45) is 5.11 Å². The molecule has 0 radical (unpaired) electrons. The Labute approximate surface area is 809 Å². The van der Waals surface area contributed by atoms with Gasteiger partial charge < -0.3 is 208 Å². The third kappa shape index (κ3) is 132. The lowest BCUT2D eigenvalue weighted by molar-refractivity contribution is -0.0329. The van der Waals surface area contributed by atoms with E-state index in [2.05, 4.69) is 10.0 Å². The molecule has 0 heterocycles. The Morgan fingerprint density at radius 3 is 0.221 bits per heavy atom. The highest BCUT2D eigenvalue weighted by atomic mass is 16.7. The molecular formula is C89H179N3O44. The quantitative estimate of drug-likeness (QED) is 0.0361. The van der Waals surface area contributed by atoms with Crippen molar-refractivity contribution in [1.82, 2.24) is 0 Å².